The zero-order valence-corrected chi connectivity index (χ0v) is 14.6. The maximum Gasteiger partial charge on any atom is 0.210 e. The molecular formula is C18H21NO4S. The summed E-state index contributed by atoms with van der Waals surface area (Å²) in [5.41, 5.74) is 0.903. The number of hydrogen-bond acceptors (Lipinski definition) is 5. The Labute approximate surface area is 146 Å². The van der Waals surface area contributed by atoms with E-state index in [9.17, 15) is 4.79 Å². The quantitative estimate of drug-likeness (QED) is 0.707. The summed E-state index contributed by atoms with van der Waals surface area (Å²) in [5, 5.41) is 9.10. The van der Waals surface area contributed by atoms with Gasteiger partial charge in [0.05, 0.1) is 25.7 Å². The maximum absolute atomic E-state index is 11.2. The minimum absolute atomic E-state index is 0.0823. The second kappa shape index (κ2) is 9.20. The fraction of sp³-hybridized carbons (Fsp3) is 0.278. The standard InChI is InChI=1S/C18H21NO4S/c1-22-15-10-14(12-19(13-21)8-9-20)18(17(11-15)23-2)24-16-6-4-3-5-7-16/h3-7,10-11,13,20H,8-9,12H2,1-2H3. The lowest BCUT2D eigenvalue weighted by Gasteiger charge is -2.20. The Bertz CT molecular complexity index is 664. The van der Waals surface area contributed by atoms with Gasteiger partial charge in [-0.1, -0.05) is 30.0 Å². The molecule has 0 aliphatic heterocycles. The highest BCUT2D eigenvalue weighted by molar-refractivity contribution is 7.99. The number of hydrogen-bond donors (Lipinski definition) is 1. The van der Waals surface area contributed by atoms with E-state index in [0.717, 1.165) is 21.8 Å². The van der Waals surface area contributed by atoms with Crippen LogP contribution >= 0.6 is 11.8 Å². The van der Waals surface area contributed by atoms with Crippen molar-refractivity contribution in [2.24, 2.45) is 0 Å². The third kappa shape index (κ3) is 4.66. The summed E-state index contributed by atoms with van der Waals surface area (Å²) < 4.78 is 10.9. The molecule has 2 aromatic rings. The van der Waals surface area contributed by atoms with Crippen LogP contribution in [-0.4, -0.2) is 43.8 Å². The molecule has 2 rings (SSSR count). The van der Waals surface area contributed by atoms with Crippen molar-refractivity contribution in [3.05, 3.63) is 48.0 Å². The van der Waals surface area contributed by atoms with Gasteiger partial charge in [0.2, 0.25) is 6.41 Å². The van der Waals surface area contributed by atoms with Crippen LogP contribution in [0.15, 0.2) is 52.3 Å². The van der Waals surface area contributed by atoms with Gasteiger partial charge in [-0.05, 0) is 23.8 Å². The molecule has 0 spiro atoms. The topological polar surface area (TPSA) is 59.0 Å². The number of aliphatic hydroxyl groups excluding tert-OH is 1. The van der Waals surface area contributed by atoms with Gasteiger partial charge in [0.15, 0.2) is 0 Å². The molecule has 0 heterocycles. The van der Waals surface area contributed by atoms with Crippen molar-refractivity contribution in [2.45, 2.75) is 16.3 Å². The van der Waals surface area contributed by atoms with Crippen molar-refractivity contribution in [1.82, 2.24) is 4.90 Å². The molecule has 2 aromatic carbocycles. The third-order valence-corrected chi connectivity index (χ3v) is 4.61. The molecule has 128 valence electrons. The van der Waals surface area contributed by atoms with Crippen LogP contribution in [0.5, 0.6) is 11.5 Å². The van der Waals surface area contributed by atoms with E-state index < -0.39 is 0 Å². The van der Waals surface area contributed by atoms with E-state index in [0.29, 0.717) is 18.0 Å². The fourth-order valence-electron chi connectivity index (χ4n) is 2.26. The molecule has 0 fully saturated rings. The Morgan fingerprint density at radius 1 is 1.17 bits per heavy atom. The summed E-state index contributed by atoms with van der Waals surface area (Å²) in [5.74, 6) is 1.35. The number of benzene rings is 2. The largest absolute Gasteiger partial charge is 0.497 e. The van der Waals surface area contributed by atoms with Gasteiger partial charge in [-0.3, -0.25) is 4.79 Å². The number of amides is 1. The lowest BCUT2D eigenvalue weighted by Crippen LogP contribution is -2.25. The van der Waals surface area contributed by atoms with Crippen molar-refractivity contribution in [3.63, 3.8) is 0 Å². The molecule has 0 saturated heterocycles. The molecule has 0 aromatic heterocycles. The van der Waals surface area contributed by atoms with Gasteiger partial charge >= 0.3 is 0 Å². The molecule has 0 atom stereocenters. The van der Waals surface area contributed by atoms with Gasteiger partial charge in [0.25, 0.3) is 0 Å². The minimum atomic E-state index is -0.0823. The second-order valence-corrected chi connectivity index (χ2v) is 6.12. The fourth-order valence-corrected chi connectivity index (χ4v) is 3.28. The average Bonchev–Trinajstić information content (AvgIpc) is 2.63. The Balaban J connectivity index is 2.42. The number of carbonyl (C=O) groups excluding carboxylic acids is 1. The second-order valence-electron chi connectivity index (χ2n) is 5.03. The average molecular weight is 347 g/mol. The van der Waals surface area contributed by atoms with E-state index in [-0.39, 0.29) is 13.2 Å². The molecule has 0 aliphatic carbocycles. The van der Waals surface area contributed by atoms with Gasteiger partial charge < -0.3 is 19.5 Å². The molecule has 24 heavy (non-hydrogen) atoms. The number of methoxy groups -OCH3 is 2. The monoisotopic (exact) mass is 347 g/mol. The van der Waals surface area contributed by atoms with E-state index in [1.54, 1.807) is 26.0 Å². The Morgan fingerprint density at radius 2 is 1.92 bits per heavy atom. The number of aliphatic hydroxyl groups is 1. The van der Waals surface area contributed by atoms with E-state index in [1.165, 1.54) is 4.90 Å². The Morgan fingerprint density at radius 3 is 2.50 bits per heavy atom. The molecule has 6 heteroatoms. The smallest absolute Gasteiger partial charge is 0.210 e. The van der Waals surface area contributed by atoms with Crippen molar-refractivity contribution < 1.29 is 19.4 Å². The first-order valence-corrected chi connectivity index (χ1v) is 8.31. The van der Waals surface area contributed by atoms with Crippen LogP contribution in [0.3, 0.4) is 0 Å². The molecule has 0 bridgehead atoms. The number of rotatable bonds is 9. The SMILES string of the molecule is COc1cc(CN(C=O)CCO)c(Sc2ccccc2)c(OC)c1. The number of ether oxygens (including phenoxy) is 2. The predicted octanol–water partition coefficient (Wildman–Crippen LogP) is 2.81. The van der Waals surface area contributed by atoms with E-state index in [1.807, 2.05) is 42.5 Å². The van der Waals surface area contributed by atoms with Crippen LogP contribution in [0, 0.1) is 0 Å². The highest BCUT2D eigenvalue weighted by Crippen LogP contribution is 2.40. The number of nitrogens with zero attached hydrogens (tertiary/aromatic N) is 1. The molecule has 1 amide bonds. The van der Waals surface area contributed by atoms with E-state index >= 15 is 0 Å². The zero-order valence-electron chi connectivity index (χ0n) is 13.8. The van der Waals surface area contributed by atoms with Crippen LogP contribution in [0.1, 0.15) is 5.56 Å². The van der Waals surface area contributed by atoms with Crippen LogP contribution in [-0.2, 0) is 11.3 Å². The summed E-state index contributed by atoms with van der Waals surface area (Å²) in [6.07, 6.45) is 0.735. The van der Waals surface area contributed by atoms with Gasteiger partial charge in [-0.2, -0.15) is 0 Å². The van der Waals surface area contributed by atoms with Crippen LogP contribution in [0.2, 0.25) is 0 Å². The van der Waals surface area contributed by atoms with Crippen molar-refractivity contribution in [3.8, 4) is 11.5 Å². The predicted molar refractivity (Wildman–Crippen MR) is 93.7 cm³/mol. The molecule has 0 aliphatic rings. The van der Waals surface area contributed by atoms with Gasteiger partial charge in [0.1, 0.15) is 11.5 Å². The summed E-state index contributed by atoms with van der Waals surface area (Å²) in [6, 6.07) is 13.7. The van der Waals surface area contributed by atoms with Crippen molar-refractivity contribution >= 4 is 18.2 Å². The summed E-state index contributed by atoms with van der Waals surface area (Å²) >= 11 is 1.57. The molecule has 5 nitrogen and oxygen atoms in total. The first-order valence-electron chi connectivity index (χ1n) is 7.49. The maximum atomic E-state index is 11.2. The zero-order chi connectivity index (χ0) is 17.4. The highest BCUT2D eigenvalue weighted by Gasteiger charge is 2.16. The number of carbonyl (C=O) groups is 1. The lowest BCUT2D eigenvalue weighted by atomic mass is 10.2. The normalized spacial score (nSPS) is 10.3. The minimum Gasteiger partial charge on any atom is -0.497 e. The summed E-state index contributed by atoms with van der Waals surface area (Å²) in [7, 11) is 3.20. The van der Waals surface area contributed by atoms with Crippen LogP contribution in [0.4, 0.5) is 0 Å². The van der Waals surface area contributed by atoms with Gasteiger partial charge in [-0.15, -0.1) is 0 Å². The Hall–Kier alpha value is -2.18. The lowest BCUT2D eigenvalue weighted by molar-refractivity contribution is -0.119. The first-order chi connectivity index (χ1) is 11.7. The Kier molecular flexibility index (Phi) is 6.96. The molecular weight excluding hydrogens is 326 g/mol. The third-order valence-electron chi connectivity index (χ3n) is 3.43. The summed E-state index contributed by atoms with van der Waals surface area (Å²) in [4.78, 5) is 14.7. The first kappa shape index (κ1) is 18.2. The van der Waals surface area contributed by atoms with Crippen molar-refractivity contribution in [1.29, 1.82) is 0 Å². The summed E-state index contributed by atoms with van der Waals surface area (Å²) in [6.45, 7) is 0.562. The van der Waals surface area contributed by atoms with Gasteiger partial charge in [-0.25, -0.2) is 0 Å². The van der Waals surface area contributed by atoms with E-state index in [2.05, 4.69) is 0 Å². The highest BCUT2D eigenvalue weighted by atomic mass is 32.2. The van der Waals surface area contributed by atoms with E-state index in [4.69, 9.17) is 14.6 Å². The van der Waals surface area contributed by atoms with Crippen LogP contribution in [0.25, 0.3) is 0 Å². The molecule has 0 unspecified atom stereocenters. The van der Waals surface area contributed by atoms with Gasteiger partial charge in [0, 0.05) is 24.1 Å². The molecule has 0 radical (unpaired) electrons. The van der Waals surface area contributed by atoms with Crippen molar-refractivity contribution in [2.75, 3.05) is 27.4 Å². The molecule has 0 saturated carbocycles. The van der Waals surface area contributed by atoms with Crippen LogP contribution < -0.4 is 9.47 Å². The molecule has 1 N–H and O–H groups in total.